The Morgan fingerprint density at radius 2 is 1.60 bits per heavy atom. The second kappa shape index (κ2) is 5.86. The summed E-state index contributed by atoms with van der Waals surface area (Å²) < 4.78 is 10.8. The van der Waals surface area contributed by atoms with Gasteiger partial charge in [0.05, 0.1) is 31.6 Å². The summed E-state index contributed by atoms with van der Waals surface area (Å²) in [6.07, 6.45) is 6.60. The Kier molecular flexibility index (Phi) is 3.53. The van der Waals surface area contributed by atoms with Gasteiger partial charge in [-0.2, -0.15) is 0 Å². The van der Waals surface area contributed by atoms with Crippen molar-refractivity contribution in [2.24, 2.45) is 0 Å². The van der Waals surface area contributed by atoms with Gasteiger partial charge in [-0.1, -0.05) is 0 Å². The smallest absolute Gasteiger partial charge is 0.162 e. The standard InChI is InChI=1S/C18H15N5O2/c1-24-16-6-11-10-5-14(15-9-20-3-4-21-15)23-18(19)12(10)8-22-13(11)7-17(16)25-2/h3-9H,1-2H3,(H2,19,23). The lowest BCUT2D eigenvalue weighted by Gasteiger charge is -2.12. The van der Waals surface area contributed by atoms with Crippen LogP contribution in [0.4, 0.5) is 5.82 Å². The first-order chi connectivity index (χ1) is 12.2. The highest BCUT2D eigenvalue weighted by Gasteiger charge is 2.13. The van der Waals surface area contributed by atoms with Gasteiger partial charge < -0.3 is 15.2 Å². The third-order valence-electron chi connectivity index (χ3n) is 4.04. The minimum Gasteiger partial charge on any atom is -0.493 e. The van der Waals surface area contributed by atoms with Gasteiger partial charge in [0.15, 0.2) is 11.5 Å². The number of anilines is 1. The number of nitrogens with zero attached hydrogens (tertiary/aromatic N) is 4. The molecule has 1 aromatic carbocycles. The predicted octanol–water partition coefficient (Wildman–Crippen LogP) is 2.84. The van der Waals surface area contributed by atoms with E-state index in [0.717, 1.165) is 21.7 Å². The zero-order chi connectivity index (χ0) is 17.4. The molecule has 0 radical (unpaired) electrons. The Balaban J connectivity index is 2.07. The quantitative estimate of drug-likeness (QED) is 0.576. The average Bonchev–Trinajstić information content (AvgIpc) is 2.67. The molecule has 3 aromatic heterocycles. The summed E-state index contributed by atoms with van der Waals surface area (Å²) in [6.45, 7) is 0. The lowest BCUT2D eigenvalue weighted by molar-refractivity contribution is 0.356. The summed E-state index contributed by atoms with van der Waals surface area (Å²) in [5.74, 6) is 1.64. The van der Waals surface area contributed by atoms with E-state index in [2.05, 4.69) is 19.9 Å². The van der Waals surface area contributed by atoms with E-state index in [1.165, 1.54) is 0 Å². The van der Waals surface area contributed by atoms with Gasteiger partial charge in [0.2, 0.25) is 0 Å². The van der Waals surface area contributed by atoms with E-state index in [1.807, 2.05) is 18.2 Å². The van der Waals surface area contributed by atoms with E-state index < -0.39 is 0 Å². The van der Waals surface area contributed by atoms with Crippen molar-refractivity contribution in [2.45, 2.75) is 0 Å². The molecule has 0 atom stereocenters. The van der Waals surface area contributed by atoms with Crippen molar-refractivity contribution < 1.29 is 9.47 Å². The molecular weight excluding hydrogens is 318 g/mol. The van der Waals surface area contributed by atoms with Crippen molar-refractivity contribution in [3.8, 4) is 22.9 Å². The fourth-order valence-corrected chi connectivity index (χ4v) is 2.82. The second-order valence-corrected chi connectivity index (χ2v) is 5.43. The Hall–Kier alpha value is -3.48. The van der Waals surface area contributed by atoms with E-state index in [-0.39, 0.29) is 0 Å². The van der Waals surface area contributed by atoms with Crippen LogP contribution in [0.1, 0.15) is 0 Å². The molecule has 0 saturated carbocycles. The maximum Gasteiger partial charge on any atom is 0.162 e. The number of nitrogens with two attached hydrogens (primary N) is 1. The number of hydrogen-bond acceptors (Lipinski definition) is 7. The van der Waals surface area contributed by atoms with Crippen LogP contribution in [0.25, 0.3) is 33.1 Å². The summed E-state index contributed by atoms with van der Waals surface area (Å²) in [7, 11) is 3.20. The molecule has 0 saturated heterocycles. The van der Waals surface area contributed by atoms with E-state index >= 15 is 0 Å². The van der Waals surface area contributed by atoms with Crippen LogP contribution in [-0.2, 0) is 0 Å². The molecule has 0 amide bonds. The van der Waals surface area contributed by atoms with Gasteiger partial charge in [0.1, 0.15) is 11.5 Å². The van der Waals surface area contributed by atoms with Crippen LogP contribution in [0.5, 0.6) is 11.5 Å². The normalized spacial score (nSPS) is 11.0. The van der Waals surface area contributed by atoms with Crippen LogP contribution >= 0.6 is 0 Å². The molecule has 0 spiro atoms. The van der Waals surface area contributed by atoms with Crippen LogP contribution in [0.15, 0.2) is 43.0 Å². The number of aromatic nitrogens is 4. The number of pyridine rings is 2. The number of nitrogen functional groups attached to an aromatic ring is 1. The van der Waals surface area contributed by atoms with Gasteiger partial charge in [-0.15, -0.1) is 0 Å². The van der Waals surface area contributed by atoms with Gasteiger partial charge in [0, 0.05) is 35.4 Å². The number of benzene rings is 1. The van der Waals surface area contributed by atoms with Crippen LogP contribution < -0.4 is 15.2 Å². The molecular formula is C18H15N5O2. The van der Waals surface area contributed by atoms with Crippen LogP contribution in [0, 0.1) is 0 Å². The summed E-state index contributed by atoms with van der Waals surface area (Å²) in [5, 5.41) is 2.58. The van der Waals surface area contributed by atoms with Crippen molar-refractivity contribution in [2.75, 3.05) is 20.0 Å². The average molecular weight is 333 g/mol. The second-order valence-electron chi connectivity index (χ2n) is 5.43. The molecule has 4 rings (SSSR count). The zero-order valence-electron chi connectivity index (χ0n) is 13.7. The first-order valence-corrected chi connectivity index (χ1v) is 7.58. The molecule has 7 heteroatoms. The van der Waals surface area contributed by atoms with Gasteiger partial charge >= 0.3 is 0 Å². The molecule has 2 N–H and O–H groups in total. The summed E-state index contributed by atoms with van der Waals surface area (Å²) >= 11 is 0. The van der Waals surface area contributed by atoms with Crippen molar-refractivity contribution in [3.05, 3.63) is 43.0 Å². The predicted molar refractivity (Wildman–Crippen MR) is 95.6 cm³/mol. The summed E-state index contributed by atoms with van der Waals surface area (Å²) in [6, 6.07) is 5.67. The third kappa shape index (κ3) is 2.46. The maximum atomic E-state index is 6.16. The number of hydrogen-bond donors (Lipinski definition) is 1. The van der Waals surface area contributed by atoms with Crippen molar-refractivity contribution in [1.82, 2.24) is 19.9 Å². The van der Waals surface area contributed by atoms with Crippen LogP contribution in [0.2, 0.25) is 0 Å². The molecule has 0 bridgehead atoms. The fraction of sp³-hybridized carbons (Fsp3) is 0.111. The first kappa shape index (κ1) is 15.1. The lowest BCUT2D eigenvalue weighted by Crippen LogP contribution is -1.98. The molecule has 4 aromatic rings. The minimum absolute atomic E-state index is 0.391. The number of rotatable bonds is 3. The molecule has 124 valence electrons. The molecule has 25 heavy (non-hydrogen) atoms. The highest BCUT2D eigenvalue weighted by Crippen LogP contribution is 2.36. The zero-order valence-corrected chi connectivity index (χ0v) is 13.7. The number of ether oxygens (including phenoxy) is 2. The van der Waals surface area contributed by atoms with E-state index in [4.69, 9.17) is 15.2 Å². The van der Waals surface area contributed by atoms with Gasteiger partial charge in [0.25, 0.3) is 0 Å². The Bertz CT molecular complexity index is 1080. The SMILES string of the molecule is COc1cc2ncc3c(N)nc(-c4cnccn4)cc3c2cc1OC. The Morgan fingerprint density at radius 3 is 2.32 bits per heavy atom. The topological polar surface area (TPSA) is 96.0 Å². The van der Waals surface area contributed by atoms with E-state index in [0.29, 0.717) is 28.7 Å². The van der Waals surface area contributed by atoms with E-state index in [9.17, 15) is 0 Å². The van der Waals surface area contributed by atoms with Gasteiger partial charge in [-0.05, 0) is 17.5 Å². The van der Waals surface area contributed by atoms with E-state index in [1.54, 1.807) is 39.0 Å². The van der Waals surface area contributed by atoms with Crippen molar-refractivity contribution >= 4 is 27.5 Å². The van der Waals surface area contributed by atoms with Crippen LogP contribution in [0.3, 0.4) is 0 Å². The maximum absolute atomic E-state index is 6.16. The summed E-state index contributed by atoms with van der Waals surface area (Å²) in [5.41, 5.74) is 8.24. The molecule has 0 aliphatic heterocycles. The molecule has 0 aliphatic rings. The first-order valence-electron chi connectivity index (χ1n) is 7.58. The largest absolute Gasteiger partial charge is 0.493 e. The Labute approximate surface area is 143 Å². The highest BCUT2D eigenvalue weighted by atomic mass is 16.5. The highest BCUT2D eigenvalue weighted by molar-refractivity contribution is 6.10. The molecule has 3 heterocycles. The molecule has 0 fully saturated rings. The minimum atomic E-state index is 0.391. The monoisotopic (exact) mass is 333 g/mol. The Morgan fingerprint density at radius 1 is 0.800 bits per heavy atom. The number of fused-ring (bicyclic) bond motifs is 3. The number of methoxy groups -OCH3 is 2. The molecule has 0 aliphatic carbocycles. The molecule has 7 nitrogen and oxygen atoms in total. The molecule has 0 unspecified atom stereocenters. The van der Waals surface area contributed by atoms with Crippen LogP contribution in [-0.4, -0.2) is 34.2 Å². The summed E-state index contributed by atoms with van der Waals surface area (Å²) in [4.78, 5) is 17.3. The van der Waals surface area contributed by atoms with Gasteiger partial charge in [-0.25, -0.2) is 4.98 Å². The third-order valence-corrected chi connectivity index (χ3v) is 4.04. The van der Waals surface area contributed by atoms with Crippen molar-refractivity contribution in [1.29, 1.82) is 0 Å². The lowest BCUT2D eigenvalue weighted by atomic mass is 10.1. The van der Waals surface area contributed by atoms with Crippen molar-refractivity contribution in [3.63, 3.8) is 0 Å². The fourth-order valence-electron chi connectivity index (χ4n) is 2.82. The van der Waals surface area contributed by atoms with Gasteiger partial charge in [-0.3, -0.25) is 15.0 Å².